The highest BCUT2D eigenvalue weighted by Gasteiger charge is 2.34. The molecule has 1 N–H and O–H groups in total. The Kier molecular flexibility index (Phi) is 3.38. The minimum absolute atomic E-state index is 0.0436. The topological polar surface area (TPSA) is 80.5 Å². The molecular weight excluding hydrogens is 316 g/mol. The zero-order chi connectivity index (χ0) is 15.8. The van der Waals surface area contributed by atoms with E-state index in [1.165, 1.54) is 6.26 Å². The Hall–Kier alpha value is -2.61. The van der Waals surface area contributed by atoms with Crippen LogP contribution in [-0.4, -0.2) is 36.2 Å². The average molecular weight is 330 g/mol. The normalized spacial score (nSPS) is 14.7. The van der Waals surface area contributed by atoms with Crippen molar-refractivity contribution in [3.63, 3.8) is 0 Å². The van der Waals surface area contributed by atoms with Gasteiger partial charge in [-0.2, -0.15) is 0 Å². The summed E-state index contributed by atoms with van der Waals surface area (Å²) in [7, 11) is 1.65. The van der Waals surface area contributed by atoms with Gasteiger partial charge in [-0.15, -0.1) is 0 Å². The van der Waals surface area contributed by atoms with Crippen LogP contribution in [0.25, 0.3) is 10.2 Å². The van der Waals surface area contributed by atoms with Crippen molar-refractivity contribution >= 4 is 38.4 Å². The summed E-state index contributed by atoms with van der Waals surface area (Å²) < 4.78 is 11.0. The number of nitrogens with zero attached hydrogens (tertiary/aromatic N) is 3. The van der Waals surface area contributed by atoms with E-state index >= 15 is 0 Å². The number of methoxy groups -OCH3 is 1. The third kappa shape index (κ3) is 2.61. The second kappa shape index (κ2) is 5.54. The number of nitrogens with one attached hydrogen (secondary N) is 1. The molecule has 2 aromatic heterocycles. The molecule has 3 aromatic rings. The van der Waals surface area contributed by atoms with E-state index in [2.05, 4.69) is 20.4 Å². The van der Waals surface area contributed by atoms with Crippen LogP contribution in [0, 0.1) is 5.92 Å². The molecular formula is C15H14N4O3S. The molecule has 1 aromatic carbocycles. The van der Waals surface area contributed by atoms with Crippen molar-refractivity contribution in [3.05, 3.63) is 30.5 Å². The SMILES string of the molecule is COc1ccc2nc(N3CC(C(=O)Nc4ccon4)C3)sc2c1. The van der Waals surface area contributed by atoms with E-state index in [0.29, 0.717) is 18.9 Å². The predicted octanol–water partition coefficient (Wildman–Crippen LogP) is 2.37. The summed E-state index contributed by atoms with van der Waals surface area (Å²) in [6.45, 7) is 1.31. The maximum atomic E-state index is 12.1. The molecule has 1 aliphatic heterocycles. The number of hydrogen-bond donors (Lipinski definition) is 1. The van der Waals surface area contributed by atoms with Crippen molar-refractivity contribution in [2.45, 2.75) is 0 Å². The van der Waals surface area contributed by atoms with Crippen molar-refractivity contribution in [3.8, 4) is 5.75 Å². The van der Waals surface area contributed by atoms with Crippen LogP contribution in [-0.2, 0) is 4.79 Å². The lowest BCUT2D eigenvalue weighted by molar-refractivity contribution is -0.120. The highest BCUT2D eigenvalue weighted by atomic mass is 32.1. The minimum Gasteiger partial charge on any atom is -0.497 e. The van der Waals surface area contributed by atoms with Crippen LogP contribution in [0.15, 0.2) is 35.1 Å². The lowest BCUT2D eigenvalue weighted by Crippen LogP contribution is -2.52. The summed E-state index contributed by atoms with van der Waals surface area (Å²) in [6, 6.07) is 7.44. The third-order valence-corrected chi connectivity index (χ3v) is 4.88. The van der Waals surface area contributed by atoms with Gasteiger partial charge in [-0.3, -0.25) is 4.79 Å². The van der Waals surface area contributed by atoms with Crippen LogP contribution < -0.4 is 15.0 Å². The highest BCUT2D eigenvalue weighted by molar-refractivity contribution is 7.22. The summed E-state index contributed by atoms with van der Waals surface area (Å²) in [5.41, 5.74) is 0.946. The highest BCUT2D eigenvalue weighted by Crippen LogP contribution is 2.34. The second-order valence-corrected chi connectivity index (χ2v) is 6.32. The van der Waals surface area contributed by atoms with Crippen LogP contribution in [0.1, 0.15) is 0 Å². The van der Waals surface area contributed by atoms with E-state index < -0.39 is 0 Å². The average Bonchev–Trinajstić information content (AvgIpc) is 3.13. The monoisotopic (exact) mass is 330 g/mol. The smallest absolute Gasteiger partial charge is 0.232 e. The number of carbonyl (C=O) groups is 1. The van der Waals surface area contributed by atoms with Crippen molar-refractivity contribution in [2.75, 3.05) is 30.4 Å². The molecule has 3 heterocycles. The van der Waals surface area contributed by atoms with Gasteiger partial charge < -0.3 is 19.5 Å². The Bertz CT molecular complexity index is 840. The number of fused-ring (bicyclic) bond motifs is 1. The zero-order valence-electron chi connectivity index (χ0n) is 12.4. The fourth-order valence-electron chi connectivity index (χ4n) is 2.46. The van der Waals surface area contributed by atoms with E-state index in [-0.39, 0.29) is 11.8 Å². The standard InChI is InChI=1S/C15H14N4O3S/c1-21-10-2-3-11-12(6-10)23-15(16-11)19-7-9(8-19)14(20)17-13-4-5-22-18-13/h2-6,9H,7-8H2,1H3,(H,17,18,20). The number of hydrogen-bond acceptors (Lipinski definition) is 7. The van der Waals surface area contributed by atoms with E-state index in [1.807, 2.05) is 18.2 Å². The molecule has 0 radical (unpaired) electrons. The van der Waals surface area contributed by atoms with Crippen molar-refractivity contribution in [1.82, 2.24) is 10.1 Å². The Morgan fingerprint density at radius 2 is 2.30 bits per heavy atom. The second-order valence-electron chi connectivity index (χ2n) is 5.31. The quantitative estimate of drug-likeness (QED) is 0.791. The molecule has 1 aliphatic rings. The fraction of sp³-hybridized carbons (Fsp3) is 0.267. The number of benzene rings is 1. The van der Waals surface area contributed by atoms with Crippen molar-refractivity contribution in [2.24, 2.45) is 5.92 Å². The Labute approximate surface area is 135 Å². The molecule has 23 heavy (non-hydrogen) atoms. The summed E-state index contributed by atoms with van der Waals surface area (Å²) >= 11 is 1.61. The molecule has 8 heteroatoms. The maximum Gasteiger partial charge on any atom is 0.232 e. The molecule has 0 aliphatic carbocycles. The number of amides is 1. The van der Waals surface area contributed by atoms with Gasteiger partial charge in [0, 0.05) is 19.2 Å². The van der Waals surface area contributed by atoms with Crippen LogP contribution in [0.5, 0.6) is 5.75 Å². The number of aromatic nitrogens is 2. The third-order valence-electron chi connectivity index (χ3n) is 3.80. The molecule has 0 atom stereocenters. The molecule has 118 valence electrons. The maximum absolute atomic E-state index is 12.1. The van der Waals surface area contributed by atoms with Crippen LogP contribution in [0.4, 0.5) is 10.9 Å². The lowest BCUT2D eigenvalue weighted by Gasteiger charge is -2.37. The van der Waals surface area contributed by atoms with Crippen molar-refractivity contribution in [1.29, 1.82) is 0 Å². The van der Waals surface area contributed by atoms with Crippen LogP contribution in [0.2, 0.25) is 0 Å². The first-order valence-corrected chi connectivity index (χ1v) is 7.95. The molecule has 0 saturated carbocycles. The first kappa shape index (κ1) is 14.0. The van der Waals surface area contributed by atoms with Gasteiger partial charge in [-0.1, -0.05) is 16.5 Å². The molecule has 4 rings (SSSR count). The number of anilines is 2. The van der Waals surface area contributed by atoms with Gasteiger partial charge in [0.15, 0.2) is 10.9 Å². The molecule has 1 fully saturated rings. The van der Waals surface area contributed by atoms with Crippen LogP contribution >= 0.6 is 11.3 Å². The van der Waals surface area contributed by atoms with E-state index in [4.69, 9.17) is 9.26 Å². The Morgan fingerprint density at radius 1 is 1.43 bits per heavy atom. The fourth-order valence-corrected chi connectivity index (χ4v) is 3.47. The van der Waals surface area contributed by atoms with Gasteiger partial charge in [0.05, 0.1) is 23.2 Å². The molecule has 0 bridgehead atoms. The first-order valence-electron chi connectivity index (χ1n) is 7.14. The largest absolute Gasteiger partial charge is 0.497 e. The molecule has 1 amide bonds. The van der Waals surface area contributed by atoms with Crippen molar-refractivity contribution < 1.29 is 14.1 Å². The van der Waals surface area contributed by atoms with Gasteiger partial charge in [-0.05, 0) is 18.2 Å². The molecule has 0 spiro atoms. The van der Waals surface area contributed by atoms with E-state index in [0.717, 1.165) is 21.1 Å². The molecule has 7 nitrogen and oxygen atoms in total. The summed E-state index contributed by atoms with van der Waals surface area (Å²) in [4.78, 5) is 18.8. The van der Waals surface area contributed by atoms with Crippen LogP contribution in [0.3, 0.4) is 0 Å². The molecule has 0 unspecified atom stereocenters. The van der Waals surface area contributed by atoms with Gasteiger partial charge in [-0.25, -0.2) is 4.98 Å². The zero-order valence-corrected chi connectivity index (χ0v) is 13.2. The van der Waals surface area contributed by atoms with Gasteiger partial charge in [0.25, 0.3) is 0 Å². The van der Waals surface area contributed by atoms with Gasteiger partial charge in [0.2, 0.25) is 5.91 Å². The summed E-state index contributed by atoms with van der Waals surface area (Å²) in [5.74, 6) is 1.16. The first-order chi connectivity index (χ1) is 11.2. The number of carbonyl (C=O) groups excluding carboxylic acids is 1. The van der Waals surface area contributed by atoms with E-state index in [1.54, 1.807) is 24.5 Å². The molecule has 1 saturated heterocycles. The predicted molar refractivity (Wildman–Crippen MR) is 87.0 cm³/mol. The summed E-state index contributed by atoms with van der Waals surface area (Å²) in [5, 5.41) is 7.34. The number of rotatable bonds is 4. The number of thiazole rings is 1. The Morgan fingerprint density at radius 3 is 3.04 bits per heavy atom. The Balaban J connectivity index is 1.42. The minimum atomic E-state index is -0.0618. The van der Waals surface area contributed by atoms with Gasteiger partial charge in [0.1, 0.15) is 12.0 Å². The lowest BCUT2D eigenvalue weighted by atomic mass is 10.0. The van der Waals surface area contributed by atoms with Gasteiger partial charge >= 0.3 is 0 Å². The summed E-state index contributed by atoms with van der Waals surface area (Å²) in [6.07, 6.45) is 1.43. The van der Waals surface area contributed by atoms with E-state index in [9.17, 15) is 4.79 Å². The number of ether oxygens (including phenoxy) is 1.